The summed E-state index contributed by atoms with van der Waals surface area (Å²) in [6.07, 6.45) is 0. The first-order chi connectivity index (χ1) is 11.1. The highest BCUT2D eigenvalue weighted by atomic mass is 35.5. The number of amides is 1. The van der Waals surface area contributed by atoms with E-state index >= 15 is 0 Å². The van der Waals surface area contributed by atoms with Gasteiger partial charge in [-0.2, -0.15) is 0 Å². The normalized spacial score (nSPS) is 11.8. The lowest BCUT2D eigenvalue weighted by atomic mass is 10.0. The zero-order valence-corrected chi connectivity index (χ0v) is 14.4. The molecule has 0 radical (unpaired) electrons. The molecule has 1 amide bonds. The number of nitrogens with two attached hydrogens (primary N) is 1. The van der Waals surface area contributed by atoms with E-state index in [0.29, 0.717) is 23.6 Å². The van der Waals surface area contributed by atoms with Crippen LogP contribution in [0, 0.1) is 13.8 Å². The van der Waals surface area contributed by atoms with Crippen molar-refractivity contribution in [3.05, 3.63) is 65.0 Å². The third kappa shape index (κ3) is 3.42. The fraction of sp³-hybridized carbons (Fsp3) is 0.222. The maximum absolute atomic E-state index is 12.5. The van der Waals surface area contributed by atoms with Crippen LogP contribution in [0.15, 0.2) is 47.0 Å². The first-order valence-corrected chi connectivity index (χ1v) is 7.52. The molecular formula is C18H20ClN3O2. The van der Waals surface area contributed by atoms with Gasteiger partial charge in [0.05, 0.1) is 11.7 Å². The molecule has 0 aliphatic rings. The van der Waals surface area contributed by atoms with Crippen molar-refractivity contribution >= 4 is 29.1 Å². The van der Waals surface area contributed by atoms with Crippen molar-refractivity contribution in [1.29, 1.82) is 0 Å². The standard InChI is InChI=1S/C18H19N3O2.ClH/c1-11-17(12(2)23-21-11)18(22)20-16(10-19)15-8-7-13-5-3-4-6-14(13)9-15;/h3-9,16H,10,19H2,1-2H3,(H,20,22);1H. The van der Waals surface area contributed by atoms with Crippen LogP contribution in [0.1, 0.15) is 33.4 Å². The van der Waals surface area contributed by atoms with Crippen LogP contribution in [0.5, 0.6) is 0 Å². The van der Waals surface area contributed by atoms with E-state index < -0.39 is 0 Å². The van der Waals surface area contributed by atoms with Gasteiger partial charge in [-0.3, -0.25) is 4.79 Å². The lowest BCUT2D eigenvalue weighted by Gasteiger charge is -2.18. The van der Waals surface area contributed by atoms with Gasteiger partial charge < -0.3 is 15.6 Å². The number of carbonyl (C=O) groups is 1. The largest absolute Gasteiger partial charge is 0.361 e. The Morgan fingerprint density at radius 2 is 1.92 bits per heavy atom. The van der Waals surface area contributed by atoms with E-state index in [4.69, 9.17) is 10.3 Å². The summed E-state index contributed by atoms with van der Waals surface area (Å²) in [6, 6.07) is 13.9. The first-order valence-electron chi connectivity index (χ1n) is 7.52. The number of aromatic nitrogens is 1. The third-order valence-electron chi connectivity index (χ3n) is 3.98. The van der Waals surface area contributed by atoms with Crippen molar-refractivity contribution in [2.45, 2.75) is 19.9 Å². The van der Waals surface area contributed by atoms with Gasteiger partial charge in [0.25, 0.3) is 5.91 Å². The molecule has 0 bridgehead atoms. The summed E-state index contributed by atoms with van der Waals surface area (Å²) in [4.78, 5) is 12.5. The summed E-state index contributed by atoms with van der Waals surface area (Å²) in [5.41, 5.74) is 7.91. The second-order valence-corrected chi connectivity index (χ2v) is 5.57. The molecule has 0 aliphatic carbocycles. The van der Waals surface area contributed by atoms with Gasteiger partial charge in [-0.05, 0) is 36.2 Å². The van der Waals surface area contributed by atoms with E-state index in [9.17, 15) is 4.79 Å². The molecule has 3 rings (SSSR count). The van der Waals surface area contributed by atoms with Gasteiger partial charge in [0.1, 0.15) is 11.3 Å². The van der Waals surface area contributed by atoms with Gasteiger partial charge in [-0.15, -0.1) is 12.4 Å². The number of carbonyl (C=O) groups excluding carboxylic acids is 1. The minimum Gasteiger partial charge on any atom is -0.361 e. The molecule has 1 atom stereocenters. The van der Waals surface area contributed by atoms with Gasteiger partial charge in [0.2, 0.25) is 0 Å². The topological polar surface area (TPSA) is 81.2 Å². The number of halogens is 1. The molecule has 5 nitrogen and oxygen atoms in total. The van der Waals surface area contributed by atoms with Gasteiger partial charge in [0, 0.05) is 6.54 Å². The first kappa shape index (κ1) is 18.0. The average Bonchev–Trinajstić information content (AvgIpc) is 2.90. The highest BCUT2D eigenvalue weighted by molar-refractivity contribution is 5.96. The van der Waals surface area contributed by atoms with E-state index in [0.717, 1.165) is 16.3 Å². The van der Waals surface area contributed by atoms with Crippen molar-refractivity contribution in [2.75, 3.05) is 6.54 Å². The summed E-state index contributed by atoms with van der Waals surface area (Å²) in [6.45, 7) is 3.79. The Hall–Kier alpha value is -2.37. The number of fused-ring (bicyclic) bond motifs is 1. The Morgan fingerprint density at radius 3 is 2.54 bits per heavy atom. The van der Waals surface area contributed by atoms with Gasteiger partial charge in [-0.25, -0.2) is 0 Å². The van der Waals surface area contributed by atoms with Crippen molar-refractivity contribution in [3.8, 4) is 0 Å². The van der Waals surface area contributed by atoms with Crippen LogP contribution < -0.4 is 11.1 Å². The van der Waals surface area contributed by atoms with Crippen LogP contribution >= 0.6 is 12.4 Å². The SMILES string of the molecule is Cc1noc(C)c1C(=O)NC(CN)c1ccc2ccccc2c1.Cl. The fourth-order valence-electron chi connectivity index (χ4n) is 2.74. The molecule has 0 aliphatic heterocycles. The van der Waals surface area contributed by atoms with Crippen molar-refractivity contribution in [2.24, 2.45) is 5.73 Å². The maximum Gasteiger partial charge on any atom is 0.257 e. The number of hydrogen-bond donors (Lipinski definition) is 2. The van der Waals surface area contributed by atoms with E-state index in [1.165, 1.54) is 0 Å². The van der Waals surface area contributed by atoms with Gasteiger partial charge in [-0.1, -0.05) is 41.6 Å². The van der Waals surface area contributed by atoms with Crippen LogP contribution in [0.3, 0.4) is 0 Å². The number of benzene rings is 2. The molecule has 0 spiro atoms. The summed E-state index contributed by atoms with van der Waals surface area (Å²) >= 11 is 0. The van der Waals surface area contributed by atoms with Crippen LogP contribution in [0.4, 0.5) is 0 Å². The Kier molecular flexibility index (Phi) is 5.59. The molecule has 6 heteroatoms. The molecule has 1 unspecified atom stereocenters. The molecule has 0 saturated heterocycles. The smallest absolute Gasteiger partial charge is 0.257 e. The Morgan fingerprint density at radius 1 is 1.21 bits per heavy atom. The zero-order valence-electron chi connectivity index (χ0n) is 13.6. The van der Waals surface area contributed by atoms with Gasteiger partial charge in [0.15, 0.2) is 0 Å². The lowest BCUT2D eigenvalue weighted by molar-refractivity contribution is 0.0936. The van der Waals surface area contributed by atoms with Crippen molar-refractivity contribution in [1.82, 2.24) is 10.5 Å². The molecule has 1 aromatic heterocycles. The number of nitrogens with one attached hydrogen (secondary N) is 1. The molecule has 126 valence electrons. The molecule has 0 fully saturated rings. The second-order valence-electron chi connectivity index (χ2n) is 5.57. The summed E-state index contributed by atoms with van der Waals surface area (Å²) in [7, 11) is 0. The van der Waals surface area contributed by atoms with E-state index in [1.807, 2.05) is 30.3 Å². The summed E-state index contributed by atoms with van der Waals surface area (Å²) < 4.78 is 5.05. The molecule has 2 aromatic carbocycles. The lowest BCUT2D eigenvalue weighted by Crippen LogP contribution is -2.33. The Labute approximate surface area is 146 Å². The Bertz CT molecular complexity index is 841. The monoisotopic (exact) mass is 345 g/mol. The summed E-state index contributed by atoms with van der Waals surface area (Å²) in [5.74, 6) is 0.291. The second kappa shape index (κ2) is 7.47. The number of rotatable bonds is 4. The predicted molar refractivity (Wildman–Crippen MR) is 96.4 cm³/mol. The fourth-order valence-corrected chi connectivity index (χ4v) is 2.74. The van der Waals surface area contributed by atoms with Crippen LogP contribution in [0.2, 0.25) is 0 Å². The summed E-state index contributed by atoms with van der Waals surface area (Å²) in [5, 5.41) is 9.06. The number of nitrogens with zero attached hydrogens (tertiary/aromatic N) is 1. The zero-order chi connectivity index (χ0) is 16.4. The number of aryl methyl sites for hydroxylation is 2. The van der Waals surface area contributed by atoms with Crippen LogP contribution in [-0.4, -0.2) is 17.6 Å². The molecular weight excluding hydrogens is 326 g/mol. The minimum absolute atomic E-state index is 0. The minimum atomic E-state index is -0.263. The predicted octanol–water partition coefficient (Wildman–Crippen LogP) is 3.30. The van der Waals surface area contributed by atoms with Crippen molar-refractivity contribution < 1.29 is 9.32 Å². The third-order valence-corrected chi connectivity index (χ3v) is 3.98. The highest BCUT2D eigenvalue weighted by Gasteiger charge is 2.21. The van der Waals surface area contributed by atoms with Crippen LogP contribution in [0.25, 0.3) is 10.8 Å². The molecule has 1 heterocycles. The number of hydrogen-bond acceptors (Lipinski definition) is 4. The molecule has 0 saturated carbocycles. The molecule has 3 N–H and O–H groups in total. The van der Waals surface area contributed by atoms with E-state index in [2.05, 4.69) is 22.6 Å². The molecule has 24 heavy (non-hydrogen) atoms. The molecule has 3 aromatic rings. The Balaban J connectivity index is 0.00000208. The van der Waals surface area contributed by atoms with Crippen molar-refractivity contribution in [3.63, 3.8) is 0 Å². The average molecular weight is 346 g/mol. The highest BCUT2D eigenvalue weighted by Crippen LogP contribution is 2.21. The maximum atomic E-state index is 12.5. The van der Waals surface area contributed by atoms with Crippen LogP contribution in [-0.2, 0) is 0 Å². The van der Waals surface area contributed by atoms with E-state index in [1.54, 1.807) is 13.8 Å². The van der Waals surface area contributed by atoms with Gasteiger partial charge >= 0.3 is 0 Å². The quantitative estimate of drug-likeness (QED) is 0.760. The van der Waals surface area contributed by atoms with E-state index in [-0.39, 0.29) is 24.4 Å².